The fraction of sp³-hybridized carbons (Fsp3) is 0.900. The average molecular weight is 218 g/mol. The first-order valence-corrected chi connectivity index (χ1v) is 6.10. The first kappa shape index (κ1) is 13.6. The fourth-order valence-corrected chi connectivity index (χ4v) is 1.64. The van der Waals surface area contributed by atoms with Crippen molar-refractivity contribution < 1.29 is 4.79 Å². The van der Waals surface area contributed by atoms with Crippen LogP contribution in [0.1, 0.15) is 34.1 Å². The molecule has 0 aromatic carbocycles. The lowest BCUT2D eigenvalue weighted by molar-refractivity contribution is 0.241. The number of rotatable bonds is 5. The van der Waals surface area contributed by atoms with Gasteiger partial charge in [0.1, 0.15) is 0 Å². The number of hydrogen-bond acceptors (Lipinski definition) is 2. The number of urea groups is 1. The van der Waals surface area contributed by atoms with Crippen molar-refractivity contribution in [3.8, 4) is 0 Å². The average Bonchev–Trinajstić information content (AvgIpc) is 2.07. The van der Waals surface area contributed by atoms with Crippen molar-refractivity contribution in [2.24, 2.45) is 0 Å². The van der Waals surface area contributed by atoms with Crippen molar-refractivity contribution in [2.75, 3.05) is 18.8 Å². The highest BCUT2D eigenvalue weighted by Gasteiger charge is 2.09. The molecule has 0 aliphatic carbocycles. The molecule has 0 aromatic rings. The predicted octanol–water partition coefficient (Wildman–Crippen LogP) is 2.23. The maximum absolute atomic E-state index is 11.1. The largest absolute Gasteiger partial charge is 0.338 e. The van der Waals surface area contributed by atoms with Crippen LogP contribution >= 0.6 is 11.8 Å². The maximum atomic E-state index is 11.1. The summed E-state index contributed by atoms with van der Waals surface area (Å²) < 4.78 is 0.279. The van der Waals surface area contributed by atoms with Crippen molar-refractivity contribution in [3.05, 3.63) is 0 Å². The highest BCUT2D eigenvalue weighted by molar-refractivity contribution is 8.00. The summed E-state index contributed by atoms with van der Waals surface area (Å²) >= 11 is 1.86. The number of thioether (sulfide) groups is 1. The van der Waals surface area contributed by atoms with E-state index in [1.807, 2.05) is 18.7 Å². The Labute approximate surface area is 91.4 Å². The van der Waals surface area contributed by atoms with Crippen LogP contribution in [0.25, 0.3) is 0 Å². The molecule has 0 spiro atoms. The second kappa shape index (κ2) is 6.98. The summed E-state index contributed by atoms with van der Waals surface area (Å²) in [5.74, 6) is 0.961. The van der Waals surface area contributed by atoms with Crippen molar-refractivity contribution in [1.82, 2.24) is 10.6 Å². The summed E-state index contributed by atoms with van der Waals surface area (Å²) in [5.41, 5.74) is 0. The molecule has 0 fully saturated rings. The van der Waals surface area contributed by atoms with Gasteiger partial charge in [-0.15, -0.1) is 0 Å². The van der Waals surface area contributed by atoms with Crippen LogP contribution in [0, 0.1) is 0 Å². The molecule has 14 heavy (non-hydrogen) atoms. The fourth-order valence-electron chi connectivity index (χ4n) is 0.823. The molecular weight excluding hydrogens is 196 g/mol. The van der Waals surface area contributed by atoms with Crippen LogP contribution in [0.4, 0.5) is 4.79 Å². The van der Waals surface area contributed by atoms with E-state index in [1.54, 1.807) is 0 Å². The monoisotopic (exact) mass is 218 g/mol. The number of nitrogens with one attached hydrogen (secondary N) is 2. The van der Waals surface area contributed by atoms with Gasteiger partial charge in [0.2, 0.25) is 0 Å². The van der Waals surface area contributed by atoms with Gasteiger partial charge in [-0.05, 0) is 6.42 Å². The van der Waals surface area contributed by atoms with Gasteiger partial charge >= 0.3 is 6.03 Å². The zero-order valence-corrected chi connectivity index (χ0v) is 10.5. The Bertz CT molecular complexity index is 166. The zero-order chi connectivity index (χ0) is 11.0. The van der Waals surface area contributed by atoms with Crippen molar-refractivity contribution in [2.45, 2.75) is 38.9 Å². The van der Waals surface area contributed by atoms with Gasteiger partial charge in [-0.25, -0.2) is 4.79 Å². The Morgan fingerprint density at radius 2 is 1.79 bits per heavy atom. The summed E-state index contributed by atoms with van der Waals surface area (Å²) in [6, 6.07) is -0.0543. The van der Waals surface area contributed by atoms with Crippen LogP contribution in [-0.4, -0.2) is 29.6 Å². The van der Waals surface area contributed by atoms with Crippen molar-refractivity contribution in [3.63, 3.8) is 0 Å². The SMILES string of the molecule is CCCNC(=O)NCCSC(C)(C)C. The van der Waals surface area contributed by atoms with E-state index < -0.39 is 0 Å². The number of hydrogen-bond donors (Lipinski definition) is 2. The van der Waals surface area contributed by atoms with Crippen LogP contribution in [0.3, 0.4) is 0 Å². The smallest absolute Gasteiger partial charge is 0.314 e. The molecule has 2 N–H and O–H groups in total. The molecule has 0 aliphatic rings. The summed E-state index contributed by atoms with van der Waals surface area (Å²) in [6.45, 7) is 10.0. The van der Waals surface area contributed by atoms with Crippen LogP contribution in [0.5, 0.6) is 0 Å². The Balaban J connectivity index is 3.32. The summed E-state index contributed by atoms with van der Waals surface area (Å²) in [4.78, 5) is 11.1. The molecule has 4 heteroatoms. The van der Waals surface area contributed by atoms with E-state index in [0.717, 1.165) is 25.3 Å². The van der Waals surface area contributed by atoms with Gasteiger partial charge in [-0.3, -0.25) is 0 Å². The molecule has 0 rings (SSSR count). The van der Waals surface area contributed by atoms with E-state index in [1.165, 1.54) is 0 Å². The van der Waals surface area contributed by atoms with Crippen molar-refractivity contribution >= 4 is 17.8 Å². The Morgan fingerprint density at radius 3 is 2.29 bits per heavy atom. The van der Waals surface area contributed by atoms with Gasteiger partial charge in [0, 0.05) is 23.6 Å². The highest BCUT2D eigenvalue weighted by atomic mass is 32.2. The lowest BCUT2D eigenvalue weighted by Gasteiger charge is -2.17. The lowest BCUT2D eigenvalue weighted by Crippen LogP contribution is -2.37. The van der Waals surface area contributed by atoms with Gasteiger partial charge in [0.25, 0.3) is 0 Å². The summed E-state index contributed by atoms with van der Waals surface area (Å²) in [6.07, 6.45) is 0.976. The molecule has 0 unspecified atom stereocenters. The molecule has 0 saturated heterocycles. The quantitative estimate of drug-likeness (QED) is 0.695. The maximum Gasteiger partial charge on any atom is 0.314 e. The van der Waals surface area contributed by atoms with E-state index in [2.05, 4.69) is 31.4 Å². The first-order valence-electron chi connectivity index (χ1n) is 5.11. The Morgan fingerprint density at radius 1 is 1.21 bits per heavy atom. The molecule has 0 radical (unpaired) electrons. The highest BCUT2D eigenvalue weighted by Crippen LogP contribution is 2.21. The molecule has 3 nitrogen and oxygen atoms in total. The minimum Gasteiger partial charge on any atom is -0.338 e. The van der Waals surface area contributed by atoms with Crippen LogP contribution in [0.2, 0.25) is 0 Å². The molecule has 0 saturated carbocycles. The molecule has 0 atom stereocenters. The summed E-state index contributed by atoms with van der Waals surface area (Å²) in [7, 11) is 0. The lowest BCUT2D eigenvalue weighted by atomic mass is 10.3. The molecule has 0 aliphatic heterocycles. The van der Waals surface area contributed by atoms with Crippen LogP contribution in [0.15, 0.2) is 0 Å². The number of carbonyl (C=O) groups excluding carboxylic acids is 1. The third-order valence-electron chi connectivity index (χ3n) is 1.46. The Hall–Kier alpha value is -0.380. The van der Waals surface area contributed by atoms with E-state index in [-0.39, 0.29) is 10.8 Å². The van der Waals surface area contributed by atoms with Gasteiger partial charge in [0.05, 0.1) is 0 Å². The van der Waals surface area contributed by atoms with Crippen molar-refractivity contribution in [1.29, 1.82) is 0 Å². The van der Waals surface area contributed by atoms with Gasteiger partial charge in [-0.2, -0.15) is 11.8 Å². The van der Waals surface area contributed by atoms with E-state index in [4.69, 9.17) is 0 Å². The molecule has 84 valence electrons. The molecule has 0 bridgehead atoms. The number of amides is 2. The van der Waals surface area contributed by atoms with Crippen LogP contribution in [-0.2, 0) is 0 Å². The third-order valence-corrected chi connectivity index (χ3v) is 2.73. The van der Waals surface area contributed by atoms with Crippen LogP contribution < -0.4 is 10.6 Å². The van der Waals surface area contributed by atoms with E-state index in [0.29, 0.717) is 0 Å². The summed E-state index contributed by atoms with van der Waals surface area (Å²) in [5, 5.41) is 5.59. The van der Waals surface area contributed by atoms with E-state index in [9.17, 15) is 4.79 Å². The Kier molecular flexibility index (Phi) is 6.79. The normalized spacial score (nSPS) is 11.1. The second-order valence-electron chi connectivity index (χ2n) is 4.14. The second-order valence-corrected chi connectivity index (χ2v) is 6.07. The van der Waals surface area contributed by atoms with E-state index >= 15 is 0 Å². The molecular formula is C10H22N2OS. The standard InChI is InChI=1S/C10H22N2OS/c1-5-6-11-9(13)12-7-8-14-10(2,3)4/h5-8H2,1-4H3,(H2,11,12,13). The molecule has 2 amide bonds. The zero-order valence-electron chi connectivity index (χ0n) is 9.64. The topological polar surface area (TPSA) is 41.1 Å². The predicted molar refractivity (Wildman–Crippen MR) is 63.9 cm³/mol. The first-order chi connectivity index (χ1) is 6.45. The number of carbonyl (C=O) groups is 1. The van der Waals surface area contributed by atoms with Gasteiger partial charge in [0.15, 0.2) is 0 Å². The minimum atomic E-state index is -0.0543. The van der Waals surface area contributed by atoms with Gasteiger partial charge in [-0.1, -0.05) is 27.7 Å². The minimum absolute atomic E-state index is 0.0543. The third kappa shape index (κ3) is 9.71. The van der Waals surface area contributed by atoms with Gasteiger partial charge < -0.3 is 10.6 Å². The molecule has 0 heterocycles. The molecule has 0 aromatic heterocycles.